The van der Waals surface area contributed by atoms with E-state index in [-0.39, 0.29) is 11.9 Å². The highest BCUT2D eigenvalue weighted by atomic mass is 16.3. The number of nitrogens with one attached hydrogen (secondary N) is 1. The summed E-state index contributed by atoms with van der Waals surface area (Å²) >= 11 is 0. The van der Waals surface area contributed by atoms with E-state index >= 15 is 0 Å². The Labute approximate surface area is 133 Å². The number of amides is 1. The molecule has 1 aliphatic carbocycles. The minimum absolute atomic E-state index is 0.0346. The van der Waals surface area contributed by atoms with Gasteiger partial charge in [-0.2, -0.15) is 0 Å². The third kappa shape index (κ3) is 4.31. The van der Waals surface area contributed by atoms with Crippen LogP contribution in [0, 0.1) is 5.92 Å². The van der Waals surface area contributed by atoms with E-state index in [9.17, 15) is 9.90 Å². The molecular weight excluding hydrogens is 276 g/mol. The average molecular weight is 304 g/mol. The van der Waals surface area contributed by atoms with E-state index in [2.05, 4.69) is 5.32 Å². The molecule has 1 aromatic rings. The van der Waals surface area contributed by atoms with Crippen LogP contribution in [-0.2, 0) is 4.79 Å². The van der Waals surface area contributed by atoms with E-state index < -0.39 is 6.10 Å². The Bertz CT molecular complexity index is 457. The highest BCUT2D eigenvalue weighted by Crippen LogP contribution is 2.27. The van der Waals surface area contributed by atoms with Crippen LogP contribution < -0.4 is 5.32 Å². The quantitative estimate of drug-likeness (QED) is 0.813. The first-order chi connectivity index (χ1) is 10.6. The van der Waals surface area contributed by atoms with E-state index in [1.807, 2.05) is 49.2 Å². The van der Waals surface area contributed by atoms with Crippen LogP contribution >= 0.6 is 0 Å². The fraction of sp³-hybridized carbons (Fsp3) is 0.611. The lowest BCUT2D eigenvalue weighted by Gasteiger charge is -2.27. The number of aliphatic hydroxyl groups is 1. The van der Waals surface area contributed by atoms with E-state index in [0.29, 0.717) is 12.5 Å². The van der Waals surface area contributed by atoms with Gasteiger partial charge in [0.25, 0.3) is 0 Å². The lowest BCUT2D eigenvalue weighted by atomic mass is 10.0. The maximum absolute atomic E-state index is 12.6. The zero-order valence-corrected chi connectivity index (χ0v) is 13.7. The molecule has 22 heavy (non-hydrogen) atoms. The zero-order chi connectivity index (χ0) is 15.9. The topological polar surface area (TPSA) is 52.6 Å². The van der Waals surface area contributed by atoms with Crippen molar-refractivity contribution in [3.8, 4) is 0 Å². The predicted molar refractivity (Wildman–Crippen MR) is 88.5 cm³/mol. The summed E-state index contributed by atoms with van der Waals surface area (Å²) in [5.41, 5.74) is 0.986. The van der Waals surface area contributed by atoms with Crippen LogP contribution in [0.1, 0.15) is 44.2 Å². The highest BCUT2D eigenvalue weighted by Gasteiger charge is 2.27. The molecular formula is C18H28N2O2. The molecule has 0 saturated heterocycles. The molecule has 0 bridgehead atoms. The summed E-state index contributed by atoms with van der Waals surface area (Å²) in [4.78, 5) is 14.6. The first-order valence-electron chi connectivity index (χ1n) is 8.34. The number of rotatable bonds is 7. The Morgan fingerprint density at radius 3 is 2.55 bits per heavy atom. The molecule has 1 fully saturated rings. The van der Waals surface area contributed by atoms with Crippen LogP contribution in [0.4, 0.5) is 0 Å². The summed E-state index contributed by atoms with van der Waals surface area (Å²) < 4.78 is 0. The van der Waals surface area contributed by atoms with Gasteiger partial charge in [0, 0.05) is 6.54 Å². The Morgan fingerprint density at radius 2 is 1.95 bits per heavy atom. The van der Waals surface area contributed by atoms with Gasteiger partial charge in [0.15, 0.2) is 0 Å². The summed E-state index contributed by atoms with van der Waals surface area (Å²) in [7, 11) is 1.95. The van der Waals surface area contributed by atoms with Crippen molar-refractivity contribution in [3.05, 3.63) is 35.9 Å². The second kappa shape index (κ2) is 8.30. The standard InChI is InChI=1S/C18H28N2O2/c1-3-20(2)17(15-11-5-4-6-12-15)18(22)19-13-16(21)14-9-7-8-10-14/h4-6,11-12,14,16-17,21H,3,7-10,13H2,1-2H3,(H,19,22). The van der Waals surface area contributed by atoms with Crippen molar-refractivity contribution in [2.24, 2.45) is 5.92 Å². The summed E-state index contributed by atoms with van der Waals surface area (Å²) in [6, 6.07) is 9.50. The van der Waals surface area contributed by atoms with Gasteiger partial charge >= 0.3 is 0 Å². The molecule has 2 N–H and O–H groups in total. The van der Waals surface area contributed by atoms with Gasteiger partial charge in [-0.3, -0.25) is 9.69 Å². The third-order valence-corrected chi connectivity index (χ3v) is 4.73. The molecule has 2 unspecified atom stereocenters. The zero-order valence-electron chi connectivity index (χ0n) is 13.7. The number of carbonyl (C=O) groups excluding carboxylic acids is 1. The van der Waals surface area contributed by atoms with Crippen LogP contribution in [0.25, 0.3) is 0 Å². The molecule has 1 saturated carbocycles. The van der Waals surface area contributed by atoms with Crippen molar-refractivity contribution >= 4 is 5.91 Å². The van der Waals surface area contributed by atoms with Crippen molar-refractivity contribution in [2.45, 2.75) is 44.8 Å². The first kappa shape index (κ1) is 17.0. The molecule has 0 radical (unpaired) electrons. The first-order valence-corrected chi connectivity index (χ1v) is 8.34. The number of hydrogen-bond donors (Lipinski definition) is 2. The number of carbonyl (C=O) groups is 1. The number of hydrogen-bond acceptors (Lipinski definition) is 3. The molecule has 0 aliphatic heterocycles. The van der Waals surface area contributed by atoms with Gasteiger partial charge in [-0.15, -0.1) is 0 Å². The predicted octanol–water partition coefficient (Wildman–Crippen LogP) is 2.35. The Hall–Kier alpha value is -1.39. The average Bonchev–Trinajstić information content (AvgIpc) is 3.08. The van der Waals surface area contributed by atoms with Crippen molar-refractivity contribution < 1.29 is 9.90 Å². The van der Waals surface area contributed by atoms with Crippen molar-refractivity contribution in [1.82, 2.24) is 10.2 Å². The van der Waals surface area contributed by atoms with E-state index in [4.69, 9.17) is 0 Å². The van der Waals surface area contributed by atoms with Crippen LogP contribution in [-0.4, -0.2) is 42.2 Å². The molecule has 1 aliphatic rings. The Kier molecular flexibility index (Phi) is 6.40. The number of nitrogens with zero attached hydrogens (tertiary/aromatic N) is 1. The Balaban J connectivity index is 1.97. The van der Waals surface area contributed by atoms with Crippen LogP contribution in [0.3, 0.4) is 0 Å². The lowest BCUT2D eigenvalue weighted by molar-refractivity contribution is -0.126. The molecule has 4 heteroatoms. The van der Waals surface area contributed by atoms with E-state index in [1.54, 1.807) is 0 Å². The van der Waals surface area contributed by atoms with Gasteiger partial charge in [-0.1, -0.05) is 50.1 Å². The molecule has 122 valence electrons. The maximum Gasteiger partial charge on any atom is 0.242 e. The lowest BCUT2D eigenvalue weighted by Crippen LogP contribution is -2.42. The van der Waals surface area contributed by atoms with Gasteiger partial charge in [0.2, 0.25) is 5.91 Å². The summed E-state index contributed by atoms with van der Waals surface area (Å²) in [5, 5.41) is 13.2. The minimum Gasteiger partial charge on any atom is -0.391 e. The third-order valence-electron chi connectivity index (χ3n) is 4.73. The van der Waals surface area contributed by atoms with Crippen LogP contribution in [0.5, 0.6) is 0 Å². The van der Waals surface area contributed by atoms with Crippen LogP contribution in [0.15, 0.2) is 30.3 Å². The summed E-state index contributed by atoms with van der Waals surface area (Å²) in [5.74, 6) is 0.312. The minimum atomic E-state index is -0.421. The molecule has 1 aromatic carbocycles. The van der Waals surface area contributed by atoms with Crippen molar-refractivity contribution in [2.75, 3.05) is 20.1 Å². The number of likely N-dealkylation sites (N-methyl/N-ethyl adjacent to an activating group) is 1. The summed E-state index contributed by atoms with van der Waals surface area (Å²) in [6.45, 7) is 3.18. The van der Waals surface area contributed by atoms with Gasteiger partial charge in [-0.25, -0.2) is 0 Å². The van der Waals surface area contributed by atoms with Crippen molar-refractivity contribution in [3.63, 3.8) is 0 Å². The smallest absolute Gasteiger partial charge is 0.242 e. The molecule has 2 rings (SSSR count). The SMILES string of the molecule is CCN(C)C(C(=O)NCC(O)C1CCCC1)c1ccccc1. The number of benzene rings is 1. The molecule has 2 atom stereocenters. The number of aliphatic hydroxyl groups excluding tert-OH is 1. The molecule has 1 amide bonds. The van der Waals surface area contributed by atoms with E-state index in [0.717, 1.165) is 24.9 Å². The highest BCUT2D eigenvalue weighted by molar-refractivity contribution is 5.83. The van der Waals surface area contributed by atoms with E-state index in [1.165, 1.54) is 12.8 Å². The second-order valence-corrected chi connectivity index (χ2v) is 6.24. The maximum atomic E-state index is 12.6. The fourth-order valence-electron chi connectivity index (χ4n) is 3.23. The summed E-state index contributed by atoms with van der Waals surface area (Å²) in [6.07, 6.45) is 4.12. The fourth-order valence-corrected chi connectivity index (χ4v) is 3.23. The van der Waals surface area contributed by atoms with Gasteiger partial charge in [0.1, 0.15) is 6.04 Å². The van der Waals surface area contributed by atoms with Gasteiger partial charge in [-0.05, 0) is 37.9 Å². The monoisotopic (exact) mass is 304 g/mol. The Morgan fingerprint density at radius 1 is 1.32 bits per heavy atom. The molecule has 0 spiro atoms. The molecule has 0 aromatic heterocycles. The second-order valence-electron chi connectivity index (χ2n) is 6.24. The normalized spacial score (nSPS) is 18.4. The molecule has 4 nitrogen and oxygen atoms in total. The van der Waals surface area contributed by atoms with Crippen molar-refractivity contribution in [1.29, 1.82) is 0 Å². The van der Waals surface area contributed by atoms with Gasteiger partial charge < -0.3 is 10.4 Å². The van der Waals surface area contributed by atoms with Crippen LogP contribution in [0.2, 0.25) is 0 Å². The largest absolute Gasteiger partial charge is 0.391 e. The van der Waals surface area contributed by atoms with Gasteiger partial charge in [0.05, 0.1) is 6.10 Å². The molecule has 0 heterocycles.